The third-order valence-electron chi connectivity index (χ3n) is 1.18. The Bertz CT molecular complexity index is 166. The van der Waals surface area contributed by atoms with Crippen molar-refractivity contribution in [3.8, 4) is 0 Å². The fourth-order valence-corrected chi connectivity index (χ4v) is 0.436. The fourth-order valence-electron chi connectivity index (χ4n) is 0.436. The van der Waals surface area contributed by atoms with Crippen LogP contribution in [-0.2, 0) is 9.59 Å². The summed E-state index contributed by atoms with van der Waals surface area (Å²) in [6, 6.07) is -1.01. The van der Waals surface area contributed by atoms with Crippen LogP contribution in [0.3, 0.4) is 0 Å². The Hall–Kier alpha value is -1.12. The highest BCUT2D eigenvalue weighted by Gasteiger charge is 2.17. The van der Waals surface area contributed by atoms with Gasteiger partial charge in [0, 0.05) is 12.0 Å². The molecule has 2 unspecified atom stereocenters. The number of aliphatic carboxylic acids is 1. The van der Waals surface area contributed by atoms with Gasteiger partial charge in [0.05, 0.1) is 0 Å². The summed E-state index contributed by atoms with van der Waals surface area (Å²) < 4.78 is 0. The van der Waals surface area contributed by atoms with Gasteiger partial charge in [-0.25, -0.2) is 4.79 Å². The van der Waals surface area contributed by atoms with Gasteiger partial charge in [-0.1, -0.05) is 6.92 Å². The Kier molecular flexibility index (Phi) is 3.39. The molecule has 0 rings (SSSR count). The monoisotopic (exact) mass is 143 g/mol. The van der Waals surface area contributed by atoms with Gasteiger partial charge < -0.3 is 10.8 Å². The predicted molar refractivity (Wildman–Crippen MR) is 35.0 cm³/mol. The number of carbonyl (C=O) groups excluding carboxylic acids is 1. The van der Waals surface area contributed by atoms with E-state index >= 15 is 0 Å². The van der Waals surface area contributed by atoms with Crippen molar-refractivity contribution < 1.29 is 14.7 Å². The van der Waals surface area contributed by atoms with Gasteiger partial charge in [-0.3, -0.25) is 4.79 Å². The number of carboxylic acid groups (broad SMARTS) is 1. The summed E-state index contributed by atoms with van der Waals surface area (Å²) >= 11 is 0. The van der Waals surface area contributed by atoms with Crippen LogP contribution in [0, 0.1) is 5.92 Å². The first-order chi connectivity index (χ1) is 4.59. The lowest BCUT2D eigenvalue weighted by atomic mass is 10.0. The zero-order valence-electron chi connectivity index (χ0n) is 5.57. The lowest BCUT2D eigenvalue weighted by Gasteiger charge is -2.08. The third kappa shape index (κ3) is 2.44. The Morgan fingerprint density at radius 2 is 2.30 bits per heavy atom. The third-order valence-corrected chi connectivity index (χ3v) is 1.18. The van der Waals surface area contributed by atoms with E-state index in [1.807, 2.05) is 0 Å². The molecule has 0 aliphatic carbocycles. The van der Waals surface area contributed by atoms with Gasteiger partial charge in [0.25, 0.3) is 0 Å². The van der Waals surface area contributed by atoms with Gasteiger partial charge in [0.15, 0.2) is 0 Å². The number of carboxylic acids is 1. The minimum atomic E-state index is -1.11. The van der Waals surface area contributed by atoms with Gasteiger partial charge in [-0.2, -0.15) is 0 Å². The van der Waals surface area contributed by atoms with Crippen LogP contribution < -0.4 is 5.73 Å². The van der Waals surface area contributed by atoms with Gasteiger partial charge in [-0.05, 0) is 0 Å². The number of rotatable bonds is 3. The van der Waals surface area contributed by atoms with Crippen molar-refractivity contribution >= 4 is 11.9 Å². The molecule has 0 saturated heterocycles. The van der Waals surface area contributed by atoms with E-state index < -0.39 is 17.9 Å². The number of hydrogen-bond acceptors (Lipinski definition) is 3. The van der Waals surface area contributed by atoms with E-state index in [-0.39, 0.29) is 0 Å². The summed E-state index contributed by atoms with van der Waals surface area (Å²) in [5, 5.41) is 8.30. The summed E-state index contributed by atoms with van der Waals surface area (Å²) in [5.41, 5.74) is 5.14. The van der Waals surface area contributed by atoms with Crippen molar-refractivity contribution in [1.29, 1.82) is 0 Å². The van der Waals surface area contributed by atoms with Crippen LogP contribution in [0.1, 0.15) is 6.92 Å². The van der Waals surface area contributed by atoms with Crippen molar-refractivity contribution in [2.75, 3.05) is 0 Å². The average Bonchev–Trinajstić information content (AvgIpc) is 1.87. The zero-order valence-corrected chi connectivity index (χ0v) is 5.57. The molecule has 0 fully saturated rings. The molecule has 0 aromatic heterocycles. The fraction of sp³-hybridized carbons (Fsp3) is 0.500. The summed E-state index contributed by atoms with van der Waals surface area (Å²) in [6.45, 7) is 1.55. The molecule has 0 spiro atoms. The molecule has 0 heterocycles. The molecule has 4 heteroatoms. The molecule has 10 heavy (non-hydrogen) atoms. The van der Waals surface area contributed by atoms with Crippen LogP contribution in [0.2, 0.25) is 0 Å². The minimum absolute atomic E-state index is 0.463. The predicted octanol–water partition coefficient (Wildman–Crippen LogP) is -0.578. The van der Waals surface area contributed by atoms with Crippen molar-refractivity contribution in [1.82, 2.24) is 0 Å². The number of nitrogens with two attached hydrogens (primary N) is 1. The molecule has 0 radical (unpaired) electrons. The highest BCUT2D eigenvalue weighted by Crippen LogP contribution is 1.99. The topological polar surface area (TPSA) is 80.4 Å². The van der Waals surface area contributed by atoms with Crippen molar-refractivity contribution in [2.45, 2.75) is 13.0 Å². The summed E-state index contributed by atoms with van der Waals surface area (Å²) in [5.74, 6) is -0.0901. The minimum Gasteiger partial charge on any atom is -0.480 e. The van der Waals surface area contributed by atoms with Gasteiger partial charge in [0.1, 0.15) is 12.0 Å². The molecule has 3 N–H and O–H groups in total. The summed E-state index contributed by atoms with van der Waals surface area (Å²) in [7, 11) is 0. The van der Waals surface area contributed by atoms with E-state index in [1.165, 1.54) is 5.94 Å². The van der Waals surface area contributed by atoms with Crippen LogP contribution in [-0.4, -0.2) is 23.1 Å². The van der Waals surface area contributed by atoms with E-state index in [9.17, 15) is 9.59 Å². The van der Waals surface area contributed by atoms with Crippen LogP contribution >= 0.6 is 0 Å². The van der Waals surface area contributed by atoms with Crippen LogP contribution in [0.4, 0.5) is 0 Å². The highest BCUT2D eigenvalue weighted by molar-refractivity contribution is 5.74. The molecular weight excluding hydrogens is 134 g/mol. The number of hydrogen-bond donors (Lipinski definition) is 2. The molecule has 0 aliphatic rings. The maximum absolute atomic E-state index is 10.1. The quantitative estimate of drug-likeness (QED) is 0.518. The molecule has 0 aromatic carbocycles. The Labute approximate surface area is 58.3 Å². The SMILES string of the molecule is CC(C=C=O)C(N)C(=O)O. The smallest absolute Gasteiger partial charge is 0.321 e. The molecule has 0 saturated carbocycles. The lowest BCUT2D eigenvalue weighted by molar-refractivity contribution is -0.139. The largest absolute Gasteiger partial charge is 0.480 e. The van der Waals surface area contributed by atoms with Gasteiger partial charge in [-0.15, -0.1) is 0 Å². The second kappa shape index (κ2) is 3.82. The number of carbonyl (C=O) groups is 1. The van der Waals surface area contributed by atoms with Gasteiger partial charge >= 0.3 is 5.97 Å². The maximum Gasteiger partial charge on any atom is 0.321 e. The van der Waals surface area contributed by atoms with Crippen molar-refractivity contribution in [3.63, 3.8) is 0 Å². The molecule has 56 valence electrons. The first-order valence-electron chi connectivity index (χ1n) is 2.79. The maximum atomic E-state index is 10.1. The molecule has 0 aromatic rings. The van der Waals surface area contributed by atoms with E-state index in [4.69, 9.17) is 10.8 Å². The average molecular weight is 143 g/mol. The summed E-state index contributed by atoms with van der Waals surface area (Å²) in [6.07, 6.45) is 1.10. The molecular formula is C6H9NO3. The lowest BCUT2D eigenvalue weighted by Crippen LogP contribution is -2.35. The normalized spacial score (nSPS) is 15.0. The molecule has 4 nitrogen and oxygen atoms in total. The van der Waals surface area contributed by atoms with Gasteiger partial charge in [0.2, 0.25) is 0 Å². The molecule has 0 amide bonds. The van der Waals surface area contributed by atoms with Crippen molar-refractivity contribution in [3.05, 3.63) is 6.08 Å². The van der Waals surface area contributed by atoms with Crippen LogP contribution in [0.25, 0.3) is 0 Å². The van der Waals surface area contributed by atoms with E-state index in [0.29, 0.717) is 0 Å². The second-order valence-electron chi connectivity index (χ2n) is 2.01. The van der Waals surface area contributed by atoms with Crippen molar-refractivity contribution in [2.24, 2.45) is 11.7 Å². The van der Waals surface area contributed by atoms with Crippen LogP contribution in [0.15, 0.2) is 6.08 Å². The molecule has 2 atom stereocenters. The van der Waals surface area contributed by atoms with Crippen LogP contribution in [0.5, 0.6) is 0 Å². The van der Waals surface area contributed by atoms with E-state index in [0.717, 1.165) is 6.08 Å². The Balaban J connectivity index is 4.06. The Morgan fingerprint density at radius 1 is 1.80 bits per heavy atom. The summed E-state index contributed by atoms with van der Waals surface area (Å²) in [4.78, 5) is 19.9. The molecule has 0 aliphatic heterocycles. The molecule has 0 bridgehead atoms. The second-order valence-corrected chi connectivity index (χ2v) is 2.01. The first-order valence-corrected chi connectivity index (χ1v) is 2.79. The highest BCUT2D eigenvalue weighted by atomic mass is 16.4. The first kappa shape index (κ1) is 8.88. The Morgan fingerprint density at radius 3 is 2.60 bits per heavy atom. The van der Waals surface area contributed by atoms with E-state index in [2.05, 4.69) is 0 Å². The van der Waals surface area contributed by atoms with E-state index in [1.54, 1.807) is 6.92 Å². The zero-order chi connectivity index (χ0) is 8.15. The standard InChI is InChI=1S/C6H9NO3/c1-4(2-3-8)5(7)6(9)10/h2,4-5H,7H2,1H3,(H,9,10).